The van der Waals surface area contributed by atoms with Gasteiger partial charge in [0.15, 0.2) is 10.9 Å². The molecule has 0 saturated carbocycles. The zero-order valence-corrected chi connectivity index (χ0v) is 17.1. The van der Waals surface area contributed by atoms with Crippen molar-refractivity contribution in [2.45, 2.75) is 6.92 Å². The third-order valence-corrected chi connectivity index (χ3v) is 5.78. The van der Waals surface area contributed by atoms with E-state index in [9.17, 15) is 4.79 Å². The standard InChI is InChI=1S/C19H26N4O3S/c1-13-18(16(24)12-23-9-7-22(2)8-10-23)27-19(20-13)21-15-11-14(25-3)5-6-17(15)26-4/h5-6,11H,7-10,12H2,1-4H3,(H,20,21). The number of likely N-dealkylation sites (N-methyl/N-ethyl adjacent to an activating group) is 1. The van der Waals surface area contributed by atoms with Crippen molar-refractivity contribution in [3.63, 3.8) is 0 Å². The number of carbonyl (C=O) groups excluding carboxylic acids is 1. The van der Waals surface area contributed by atoms with Gasteiger partial charge in [0.2, 0.25) is 0 Å². The molecule has 0 spiro atoms. The van der Waals surface area contributed by atoms with E-state index >= 15 is 0 Å². The molecular formula is C19H26N4O3S. The topological polar surface area (TPSA) is 66.9 Å². The molecule has 0 amide bonds. The van der Waals surface area contributed by atoms with Crippen molar-refractivity contribution in [2.75, 3.05) is 59.3 Å². The number of benzene rings is 1. The predicted molar refractivity (Wildman–Crippen MR) is 108 cm³/mol. The lowest BCUT2D eigenvalue weighted by molar-refractivity contribution is 0.0879. The number of piperazine rings is 1. The largest absolute Gasteiger partial charge is 0.497 e. The van der Waals surface area contributed by atoms with Gasteiger partial charge in [0.1, 0.15) is 11.5 Å². The molecule has 8 heteroatoms. The fourth-order valence-corrected chi connectivity index (χ4v) is 3.93. The summed E-state index contributed by atoms with van der Waals surface area (Å²) in [5.41, 5.74) is 1.51. The van der Waals surface area contributed by atoms with Crippen LogP contribution in [0.25, 0.3) is 0 Å². The summed E-state index contributed by atoms with van der Waals surface area (Å²) < 4.78 is 10.7. The molecule has 1 fully saturated rings. The Morgan fingerprint density at radius 1 is 1.22 bits per heavy atom. The van der Waals surface area contributed by atoms with Gasteiger partial charge in [0.25, 0.3) is 0 Å². The van der Waals surface area contributed by atoms with Crippen molar-refractivity contribution in [1.82, 2.24) is 14.8 Å². The van der Waals surface area contributed by atoms with E-state index in [0.717, 1.165) is 43.3 Å². The number of nitrogens with zero attached hydrogens (tertiary/aromatic N) is 3. The van der Waals surface area contributed by atoms with E-state index in [0.29, 0.717) is 22.3 Å². The summed E-state index contributed by atoms with van der Waals surface area (Å²) in [7, 11) is 5.34. The van der Waals surface area contributed by atoms with Crippen LogP contribution in [0.5, 0.6) is 11.5 Å². The minimum Gasteiger partial charge on any atom is -0.497 e. The molecule has 1 aromatic carbocycles. The molecule has 146 valence electrons. The van der Waals surface area contributed by atoms with Crippen molar-refractivity contribution in [1.29, 1.82) is 0 Å². The van der Waals surface area contributed by atoms with Crippen LogP contribution >= 0.6 is 11.3 Å². The van der Waals surface area contributed by atoms with Gasteiger partial charge in [-0.25, -0.2) is 4.98 Å². The van der Waals surface area contributed by atoms with Gasteiger partial charge in [-0.2, -0.15) is 0 Å². The zero-order chi connectivity index (χ0) is 19.4. The van der Waals surface area contributed by atoms with E-state index in [1.807, 2.05) is 25.1 Å². The lowest BCUT2D eigenvalue weighted by Gasteiger charge is -2.31. The Labute approximate surface area is 163 Å². The molecule has 0 radical (unpaired) electrons. The number of aromatic nitrogens is 1. The third-order valence-electron chi connectivity index (χ3n) is 4.66. The minimum atomic E-state index is 0.125. The lowest BCUT2D eigenvalue weighted by atomic mass is 10.2. The Hall–Kier alpha value is -2.16. The number of hydrogen-bond acceptors (Lipinski definition) is 8. The average Bonchev–Trinajstić information content (AvgIpc) is 3.03. The number of ether oxygens (including phenoxy) is 2. The molecule has 27 heavy (non-hydrogen) atoms. The number of ketones is 1. The first-order chi connectivity index (χ1) is 13.0. The first-order valence-corrected chi connectivity index (χ1v) is 9.72. The van der Waals surface area contributed by atoms with Gasteiger partial charge in [-0.05, 0) is 26.1 Å². The number of nitrogens with one attached hydrogen (secondary N) is 1. The van der Waals surface area contributed by atoms with E-state index in [4.69, 9.17) is 9.47 Å². The van der Waals surface area contributed by atoms with Gasteiger partial charge in [0.05, 0.1) is 37.0 Å². The molecule has 1 aliphatic rings. The molecule has 7 nitrogen and oxygen atoms in total. The highest BCUT2D eigenvalue weighted by molar-refractivity contribution is 7.17. The van der Waals surface area contributed by atoms with Crippen LogP contribution in [0, 0.1) is 6.92 Å². The molecule has 0 unspecified atom stereocenters. The normalized spacial score (nSPS) is 15.6. The molecule has 2 aromatic rings. The molecule has 1 aliphatic heterocycles. The third kappa shape index (κ3) is 4.77. The van der Waals surface area contributed by atoms with Gasteiger partial charge < -0.3 is 19.7 Å². The maximum Gasteiger partial charge on any atom is 0.188 e. The van der Waals surface area contributed by atoms with E-state index in [1.165, 1.54) is 11.3 Å². The van der Waals surface area contributed by atoms with E-state index in [-0.39, 0.29) is 5.78 Å². The highest BCUT2D eigenvalue weighted by Crippen LogP contribution is 2.33. The predicted octanol–water partition coefficient (Wildman–Crippen LogP) is 2.64. The van der Waals surface area contributed by atoms with Crippen molar-refractivity contribution in [3.05, 3.63) is 28.8 Å². The summed E-state index contributed by atoms with van der Waals surface area (Å²) in [4.78, 5) is 22.5. The summed E-state index contributed by atoms with van der Waals surface area (Å²) in [5, 5.41) is 3.92. The van der Waals surface area contributed by atoms with Crippen molar-refractivity contribution in [3.8, 4) is 11.5 Å². The maximum absolute atomic E-state index is 12.7. The minimum absolute atomic E-state index is 0.125. The lowest BCUT2D eigenvalue weighted by Crippen LogP contribution is -2.46. The number of thiazole rings is 1. The number of methoxy groups -OCH3 is 2. The summed E-state index contributed by atoms with van der Waals surface area (Å²) in [6.07, 6.45) is 0. The van der Waals surface area contributed by atoms with Crippen LogP contribution in [-0.4, -0.2) is 74.6 Å². The number of anilines is 2. The number of Topliss-reactive ketones (excluding diaryl/α,β-unsaturated/α-hetero) is 1. The van der Waals surface area contributed by atoms with Crippen LogP contribution in [0.3, 0.4) is 0 Å². The summed E-state index contributed by atoms with van der Waals surface area (Å²) in [6.45, 7) is 6.16. The molecule has 0 atom stereocenters. The number of aryl methyl sites for hydroxylation is 1. The van der Waals surface area contributed by atoms with Crippen molar-refractivity contribution >= 4 is 27.9 Å². The van der Waals surface area contributed by atoms with E-state index < -0.39 is 0 Å². The van der Waals surface area contributed by atoms with Crippen LogP contribution in [0.15, 0.2) is 18.2 Å². The van der Waals surface area contributed by atoms with Gasteiger partial charge in [-0.15, -0.1) is 0 Å². The molecular weight excluding hydrogens is 364 g/mol. The molecule has 0 aliphatic carbocycles. The smallest absolute Gasteiger partial charge is 0.188 e. The fourth-order valence-electron chi connectivity index (χ4n) is 3.02. The van der Waals surface area contributed by atoms with Gasteiger partial charge in [0, 0.05) is 32.2 Å². The van der Waals surface area contributed by atoms with Crippen molar-refractivity contribution in [2.24, 2.45) is 0 Å². The van der Waals surface area contributed by atoms with Crippen LogP contribution < -0.4 is 14.8 Å². The quantitative estimate of drug-likeness (QED) is 0.729. The monoisotopic (exact) mass is 390 g/mol. The Bertz CT molecular complexity index is 800. The molecule has 2 heterocycles. The molecule has 1 aromatic heterocycles. The summed E-state index contributed by atoms with van der Waals surface area (Å²) in [6, 6.07) is 5.52. The molecule has 3 rings (SSSR count). The van der Waals surface area contributed by atoms with Crippen LogP contribution in [0.1, 0.15) is 15.4 Å². The summed E-state index contributed by atoms with van der Waals surface area (Å²) >= 11 is 1.38. The summed E-state index contributed by atoms with van der Waals surface area (Å²) in [5.74, 6) is 1.53. The number of hydrogen-bond donors (Lipinski definition) is 1. The number of rotatable bonds is 7. The first-order valence-electron chi connectivity index (χ1n) is 8.90. The highest BCUT2D eigenvalue weighted by Gasteiger charge is 2.21. The zero-order valence-electron chi connectivity index (χ0n) is 16.2. The Morgan fingerprint density at radius 2 is 1.96 bits per heavy atom. The first kappa shape index (κ1) is 19.6. The second kappa shape index (κ2) is 8.69. The van der Waals surface area contributed by atoms with Crippen LogP contribution in [0.2, 0.25) is 0 Å². The van der Waals surface area contributed by atoms with Crippen LogP contribution in [0.4, 0.5) is 10.8 Å². The molecule has 0 bridgehead atoms. The Kier molecular flexibility index (Phi) is 6.30. The van der Waals surface area contributed by atoms with E-state index in [2.05, 4.69) is 27.1 Å². The highest BCUT2D eigenvalue weighted by atomic mass is 32.1. The van der Waals surface area contributed by atoms with Gasteiger partial charge in [-0.1, -0.05) is 11.3 Å². The van der Waals surface area contributed by atoms with Crippen molar-refractivity contribution < 1.29 is 14.3 Å². The fraction of sp³-hybridized carbons (Fsp3) is 0.474. The van der Waals surface area contributed by atoms with Crippen LogP contribution in [-0.2, 0) is 0 Å². The van der Waals surface area contributed by atoms with Gasteiger partial charge in [-0.3, -0.25) is 9.69 Å². The second-order valence-electron chi connectivity index (χ2n) is 6.63. The second-order valence-corrected chi connectivity index (χ2v) is 7.63. The maximum atomic E-state index is 12.7. The van der Waals surface area contributed by atoms with E-state index in [1.54, 1.807) is 14.2 Å². The SMILES string of the molecule is COc1ccc(OC)c(Nc2nc(C)c(C(=O)CN3CCN(C)CC3)s2)c1. The van der Waals surface area contributed by atoms with Gasteiger partial charge >= 0.3 is 0 Å². The number of carbonyl (C=O) groups is 1. The molecule has 1 saturated heterocycles. The average molecular weight is 391 g/mol. The Balaban J connectivity index is 1.72. The molecule has 1 N–H and O–H groups in total. The Morgan fingerprint density at radius 3 is 2.63 bits per heavy atom.